The molecule has 0 fully saturated rings. The molecule has 0 amide bonds. The predicted octanol–water partition coefficient (Wildman–Crippen LogP) is 4.46. The molecular weight excluding hydrogens is 426 g/mol. The Morgan fingerprint density at radius 2 is 2.07 bits per heavy atom. The van der Waals surface area contributed by atoms with Crippen molar-refractivity contribution in [3.8, 4) is 22.8 Å². The molecule has 4 aromatic rings. The van der Waals surface area contributed by atoms with E-state index < -0.39 is 5.97 Å². The first-order valence-electron chi connectivity index (χ1n) is 8.96. The van der Waals surface area contributed by atoms with Gasteiger partial charge in [-0.3, -0.25) is 0 Å². The van der Waals surface area contributed by atoms with E-state index in [2.05, 4.69) is 19.9 Å². The van der Waals surface area contributed by atoms with Crippen LogP contribution in [0.25, 0.3) is 21.5 Å². The number of carbonyl (C=O) groups is 1. The molecule has 1 aromatic carbocycles. The number of nitrogens with zero attached hydrogens (tertiary/aromatic N) is 3. The van der Waals surface area contributed by atoms with Crippen molar-refractivity contribution in [2.45, 2.75) is 17.7 Å². The van der Waals surface area contributed by atoms with Gasteiger partial charge in [-0.25, -0.2) is 9.78 Å². The van der Waals surface area contributed by atoms with E-state index in [9.17, 15) is 4.79 Å². The Hall–Kier alpha value is -3.11. The molecule has 152 valence electrons. The third-order valence-corrected chi connectivity index (χ3v) is 6.39. The fourth-order valence-corrected chi connectivity index (χ4v) is 4.86. The number of rotatable bonds is 5. The maximum Gasteiger partial charge on any atom is 0.373 e. The lowest BCUT2D eigenvalue weighted by Gasteiger charge is -2.05. The summed E-state index contributed by atoms with van der Waals surface area (Å²) in [6, 6.07) is 9.06. The van der Waals surface area contributed by atoms with Gasteiger partial charge in [0.1, 0.15) is 22.0 Å². The minimum atomic E-state index is -0.503. The van der Waals surface area contributed by atoms with E-state index in [-0.39, 0.29) is 12.6 Å². The monoisotopic (exact) mass is 441 g/mol. The number of hydrogen-bond acceptors (Lipinski definition) is 10. The Balaban J connectivity index is 1.45. The molecule has 0 bridgehead atoms. The molecule has 0 radical (unpaired) electrons. The number of methoxy groups -OCH3 is 1. The van der Waals surface area contributed by atoms with Crippen molar-refractivity contribution in [3.05, 3.63) is 46.9 Å². The van der Waals surface area contributed by atoms with Crippen molar-refractivity contribution in [1.29, 1.82) is 0 Å². The number of fused-ring (bicyclic) bond motifs is 2. The van der Waals surface area contributed by atoms with Crippen LogP contribution in [0.2, 0.25) is 0 Å². The van der Waals surface area contributed by atoms with Crippen molar-refractivity contribution in [1.82, 2.24) is 15.2 Å². The normalized spacial score (nSPS) is 12.5. The molecule has 0 saturated heterocycles. The number of benzene rings is 1. The second kappa shape index (κ2) is 7.62. The molecule has 3 aromatic heterocycles. The number of hydrogen-bond donors (Lipinski definition) is 0. The molecule has 10 heteroatoms. The van der Waals surface area contributed by atoms with Gasteiger partial charge in [0.25, 0.3) is 0 Å². The van der Waals surface area contributed by atoms with Crippen molar-refractivity contribution in [2.24, 2.45) is 0 Å². The highest BCUT2D eigenvalue weighted by atomic mass is 32.2. The van der Waals surface area contributed by atoms with Crippen LogP contribution >= 0.6 is 23.1 Å². The summed E-state index contributed by atoms with van der Waals surface area (Å²) in [5.74, 6) is 2.22. The average Bonchev–Trinajstić information content (AvgIpc) is 3.49. The standard InChI is InChI=1S/C20H15N3O5S2/c1-10-21-17-18(30-10)16(11-3-5-13-15(7-11)27-9-26-13)22-23-19(17)29-8-12-4-6-14(28-12)20(24)25-2/h3-7H,8-9H2,1-2H3. The van der Waals surface area contributed by atoms with Crippen LogP contribution in [0.3, 0.4) is 0 Å². The number of thiazole rings is 1. The molecule has 5 rings (SSSR count). The number of carbonyl (C=O) groups excluding carboxylic acids is 1. The summed E-state index contributed by atoms with van der Waals surface area (Å²) < 4.78 is 22.0. The molecule has 0 aliphatic carbocycles. The molecule has 0 N–H and O–H groups in total. The largest absolute Gasteiger partial charge is 0.463 e. The number of aryl methyl sites for hydroxylation is 1. The van der Waals surface area contributed by atoms with Gasteiger partial charge in [-0.05, 0) is 37.3 Å². The van der Waals surface area contributed by atoms with E-state index in [0.29, 0.717) is 22.3 Å². The Bertz CT molecular complexity index is 1270. The van der Waals surface area contributed by atoms with Gasteiger partial charge in [-0.15, -0.1) is 21.5 Å². The summed E-state index contributed by atoms with van der Waals surface area (Å²) in [5, 5.41) is 10.5. The fourth-order valence-electron chi connectivity index (χ4n) is 3.06. The molecule has 0 unspecified atom stereocenters. The van der Waals surface area contributed by atoms with Crippen molar-refractivity contribution in [2.75, 3.05) is 13.9 Å². The van der Waals surface area contributed by atoms with Crippen molar-refractivity contribution in [3.63, 3.8) is 0 Å². The second-order valence-electron chi connectivity index (χ2n) is 6.38. The van der Waals surface area contributed by atoms with Gasteiger partial charge >= 0.3 is 5.97 Å². The van der Waals surface area contributed by atoms with E-state index in [4.69, 9.17) is 13.9 Å². The molecule has 4 heterocycles. The smallest absolute Gasteiger partial charge is 0.373 e. The summed E-state index contributed by atoms with van der Waals surface area (Å²) in [6.07, 6.45) is 0. The molecule has 1 aliphatic heterocycles. The Morgan fingerprint density at radius 3 is 2.93 bits per heavy atom. The predicted molar refractivity (Wildman–Crippen MR) is 111 cm³/mol. The summed E-state index contributed by atoms with van der Waals surface area (Å²) in [5.41, 5.74) is 2.44. The van der Waals surface area contributed by atoms with Crippen LogP contribution < -0.4 is 9.47 Å². The zero-order valence-corrected chi connectivity index (χ0v) is 17.6. The Labute approximate surface area is 179 Å². The third-order valence-electron chi connectivity index (χ3n) is 4.44. The number of furan rings is 1. The first-order valence-corrected chi connectivity index (χ1v) is 10.8. The van der Waals surface area contributed by atoms with Gasteiger partial charge in [0.15, 0.2) is 11.5 Å². The summed E-state index contributed by atoms with van der Waals surface area (Å²) in [7, 11) is 1.32. The van der Waals surface area contributed by atoms with Gasteiger partial charge in [-0.1, -0.05) is 11.8 Å². The lowest BCUT2D eigenvalue weighted by molar-refractivity contribution is 0.0563. The van der Waals surface area contributed by atoms with Crippen LogP contribution in [-0.2, 0) is 10.5 Å². The molecule has 0 atom stereocenters. The number of thioether (sulfide) groups is 1. The number of esters is 1. The van der Waals surface area contributed by atoms with Gasteiger partial charge in [0.05, 0.1) is 22.6 Å². The van der Waals surface area contributed by atoms with Crippen LogP contribution in [0.4, 0.5) is 0 Å². The number of ether oxygens (including phenoxy) is 3. The molecule has 1 aliphatic rings. The van der Waals surface area contributed by atoms with Crippen LogP contribution in [0.5, 0.6) is 11.5 Å². The van der Waals surface area contributed by atoms with Gasteiger partial charge in [-0.2, -0.15) is 0 Å². The van der Waals surface area contributed by atoms with Crippen LogP contribution in [0.15, 0.2) is 39.8 Å². The zero-order chi connectivity index (χ0) is 20.7. The maximum absolute atomic E-state index is 11.6. The van der Waals surface area contributed by atoms with E-state index >= 15 is 0 Å². The number of aromatic nitrogens is 3. The SMILES string of the molecule is COC(=O)c1ccc(CSc2nnc(-c3ccc4c(c3)OCO4)c3sc(C)nc23)o1. The molecule has 0 spiro atoms. The van der Waals surface area contributed by atoms with E-state index in [1.807, 2.05) is 25.1 Å². The average molecular weight is 441 g/mol. The fraction of sp³-hybridized carbons (Fsp3) is 0.200. The highest BCUT2D eigenvalue weighted by Crippen LogP contribution is 2.40. The van der Waals surface area contributed by atoms with Crippen LogP contribution in [-0.4, -0.2) is 35.1 Å². The highest BCUT2D eigenvalue weighted by molar-refractivity contribution is 7.98. The Morgan fingerprint density at radius 1 is 1.20 bits per heavy atom. The minimum Gasteiger partial charge on any atom is -0.463 e. The second-order valence-corrected chi connectivity index (χ2v) is 8.55. The third kappa shape index (κ3) is 3.37. The molecule has 30 heavy (non-hydrogen) atoms. The van der Waals surface area contributed by atoms with E-state index in [1.54, 1.807) is 23.5 Å². The van der Waals surface area contributed by atoms with Crippen LogP contribution in [0.1, 0.15) is 21.3 Å². The highest BCUT2D eigenvalue weighted by Gasteiger charge is 2.20. The molecule has 8 nitrogen and oxygen atoms in total. The first-order chi connectivity index (χ1) is 14.6. The van der Waals surface area contributed by atoms with E-state index in [0.717, 1.165) is 32.2 Å². The van der Waals surface area contributed by atoms with Gasteiger partial charge < -0.3 is 18.6 Å². The van der Waals surface area contributed by atoms with Crippen LogP contribution in [0, 0.1) is 6.92 Å². The van der Waals surface area contributed by atoms with Gasteiger partial charge in [0, 0.05) is 5.56 Å². The Kier molecular flexibility index (Phi) is 4.80. The summed E-state index contributed by atoms with van der Waals surface area (Å²) >= 11 is 3.02. The van der Waals surface area contributed by atoms with Crippen molar-refractivity contribution < 1.29 is 23.4 Å². The minimum absolute atomic E-state index is 0.173. The molecular formula is C20H15N3O5S2. The topological polar surface area (TPSA) is 96.6 Å². The quantitative estimate of drug-likeness (QED) is 0.328. The lowest BCUT2D eigenvalue weighted by Crippen LogP contribution is -1.98. The molecule has 0 saturated carbocycles. The maximum atomic E-state index is 11.6. The lowest BCUT2D eigenvalue weighted by atomic mass is 10.1. The van der Waals surface area contributed by atoms with Crippen molar-refractivity contribution >= 4 is 39.3 Å². The summed E-state index contributed by atoms with van der Waals surface area (Å²) in [6.45, 7) is 2.18. The van der Waals surface area contributed by atoms with E-state index in [1.165, 1.54) is 18.9 Å². The zero-order valence-electron chi connectivity index (χ0n) is 16.0. The summed E-state index contributed by atoms with van der Waals surface area (Å²) in [4.78, 5) is 16.2. The first kappa shape index (κ1) is 18.9. The van der Waals surface area contributed by atoms with Gasteiger partial charge in [0.2, 0.25) is 12.6 Å².